The monoisotopic (exact) mass is 527 g/mol. The number of hydrogen-bond acceptors (Lipinski definition) is 4. The number of halogens is 1. The van der Waals surface area contributed by atoms with Gasteiger partial charge in [-0.3, -0.25) is 0 Å². The van der Waals surface area contributed by atoms with E-state index in [-0.39, 0.29) is 6.79 Å². The van der Waals surface area contributed by atoms with Crippen LogP contribution in [-0.2, 0) is 25.8 Å². The molecule has 0 amide bonds. The van der Waals surface area contributed by atoms with Gasteiger partial charge in [0.2, 0.25) is 12.5 Å². The minimum atomic E-state index is 0.272. The van der Waals surface area contributed by atoms with Crippen LogP contribution in [0.4, 0.5) is 0 Å². The SMILES string of the molecule is COc1ccc2c(CCCc3c[nH]c4ccc(Cl)cc34)c3[n+](cc2c1OC)CCc1cc2c(cc1-3)OCO2. The number of aromatic nitrogens is 2. The number of benzene rings is 3. The number of H-pyrrole nitrogens is 1. The quantitative estimate of drug-likeness (QED) is 0.259. The van der Waals surface area contributed by atoms with Crippen LogP contribution in [0.15, 0.2) is 54.9 Å². The van der Waals surface area contributed by atoms with Crippen LogP contribution in [0.5, 0.6) is 23.0 Å². The molecule has 0 radical (unpaired) electrons. The molecule has 5 aromatic rings. The van der Waals surface area contributed by atoms with E-state index < -0.39 is 0 Å². The maximum Gasteiger partial charge on any atom is 0.231 e. The highest BCUT2D eigenvalue weighted by molar-refractivity contribution is 6.31. The molecule has 4 heterocycles. The molecule has 0 saturated carbocycles. The third kappa shape index (κ3) is 3.66. The Morgan fingerprint density at radius 2 is 1.82 bits per heavy atom. The number of aryl methyl sites for hydroxylation is 4. The van der Waals surface area contributed by atoms with Gasteiger partial charge >= 0.3 is 0 Å². The lowest BCUT2D eigenvalue weighted by atomic mass is 9.89. The first kappa shape index (κ1) is 23.2. The number of nitrogens with one attached hydrogen (secondary N) is 1. The Labute approximate surface area is 225 Å². The van der Waals surface area contributed by atoms with Gasteiger partial charge in [-0.05, 0) is 72.9 Å². The van der Waals surface area contributed by atoms with Gasteiger partial charge in [0.1, 0.15) is 0 Å². The lowest BCUT2D eigenvalue weighted by Gasteiger charge is -2.21. The predicted octanol–water partition coefficient (Wildman–Crippen LogP) is 6.41. The molecule has 0 fully saturated rings. The van der Waals surface area contributed by atoms with Crippen molar-refractivity contribution in [1.29, 1.82) is 0 Å². The highest BCUT2D eigenvalue weighted by Gasteiger charge is 2.32. The third-order valence-electron chi connectivity index (χ3n) is 7.85. The zero-order valence-corrected chi connectivity index (χ0v) is 22.2. The van der Waals surface area contributed by atoms with Crippen LogP contribution in [-0.4, -0.2) is 26.0 Å². The van der Waals surface area contributed by atoms with E-state index in [1.165, 1.54) is 38.7 Å². The maximum absolute atomic E-state index is 6.31. The molecule has 38 heavy (non-hydrogen) atoms. The molecule has 0 saturated heterocycles. The second kappa shape index (κ2) is 9.14. The zero-order valence-electron chi connectivity index (χ0n) is 21.4. The van der Waals surface area contributed by atoms with E-state index in [0.29, 0.717) is 0 Å². The van der Waals surface area contributed by atoms with Gasteiger partial charge in [0, 0.05) is 39.5 Å². The van der Waals surface area contributed by atoms with Gasteiger partial charge in [-0.1, -0.05) is 11.6 Å². The molecule has 0 aliphatic carbocycles. The molecule has 0 bridgehead atoms. The second-order valence-corrected chi connectivity index (χ2v) is 10.3. The number of rotatable bonds is 6. The van der Waals surface area contributed by atoms with Crippen molar-refractivity contribution in [3.8, 4) is 34.3 Å². The van der Waals surface area contributed by atoms with Crippen molar-refractivity contribution in [1.82, 2.24) is 4.98 Å². The summed E-state index contributed by atoms with van der Waals surface area (Å²) in [5.41, 5.74) is 7.46. The summed E-state index contributed by atoms with van der Waals surface area (Å²) in [5, 5.41) is 4.19. The third-order valence-corrected chi connectivity index (χ3v) is 8.08. The molecule has 7 rings (SSSR count). The minimum Gasteiger partial charge on any atom is -0.493 e. The number of pyridine rings is 1. The Bertz CT molecular complexity index is 1730. The topological polar surface area (TPSA) is 56.6 Å². The van der Waals surface area contributed by atoms with Crippen LogP contribution in [0.1, 0.15) is 23.1 Å². The van der Waals surface area contributed by atoms with Crippen LogP contribution in [0, 0.1) is 0 Å². The summed E-state index contributed by atoms with van der Waals surface area (Å²) in [6.45, 7) is 1.15. The van der Waals surface area contributed by atoms with Crippen LogP contribution in [0.25, 0.3) is 32.9 Å². The standard InChI is InChI=1S/C31H28ClN2O4/c1-35-27-9-7-21-22(5-3-4-19-15-33-26-8-6-20(32)13-23(19)26)30-24-14-29-28(37-17-38-29)12-18(24)10-11-34(30)16-25(21)31(27)36-2/h6-9,12-16,33H,3-5,10-11,17H2,1-2H3/q+1. The van der Waals surface area contributed by atoms with Crippen molar-refractivity contribution in [2.45, 2.75) is 32.2 Å². The van der Waals surface area contributed by atoms with Crippen molar-refractivity contribution in [3.05, 3.63) is 76.6 Å². The average Bonchev–Trinajstić information content (AvgIpc) is 3.56. The number of hydrogen-bond donors (Lipinski definition) is 1. The lowest BCUT2D eigenvalue weighted by Crippen LogP contribution is -2.41. The average molecular weight is 528 g/mol. The summed E-state index contributed by atoms with van der Waals surface area (Å²) in [6.07, 6.45) is 8.08. The molecule has 3 aromatic carbocycles. The van der Waals surface area contributed by atoms with E-state index in [1.807, 2.05) is 24.3 Å². The van der Waals surface area contributed by atoms with Crippen molar-refractivity contribution in [3.63, 3.8) is 0 Å². The van der Waals surface area contributed by atoms with Gasteiger partial charge in [0.15, 0.2) is 35.7 Å². The molecular weight excluding hydrogens is 500 g/mol. The largest absolute Gasteiger partial charge is 0.493 e. The Balaban J connectivity index is 1.36. The summed E-state index contributed by atoms with van der Waals surface area (Å²) in [5.74, 6) is 3.15. The van der Waals surface area contributed by atoms with Gasteiger partial charge in [-0.25, -0.2) is 0 Å². The summed E-state index contributed by atoms with van der Waals surface area (Å²) >= 11 is 6.31. The van der Waals surface area contributed by atoms with E-state index >= 15 is 0 Å². The first-order chi connectivity index (χ1) is 18.6. The molecular formula is C31H28ClN2O4+. The van der Waals surface area contributed by atoms with Crippen molar-refractivity contribution in [2.24, 2.45) is 0 Å². The molecule has 1 N–H and O–H groups in total. The summed E-state index contributed by atoms with van der Waals surface area (Å²) < 4.78 is 25.3. The predicted molar refractivity (Wildman–Crippen MR) is 148 cm³/mol. The maximum atomic E-state index is 6.31. The number of fused-ring (bicyclic) bond motifs is 6. The molecule has 0 unspecified atom stereocenters. The summed E-state index contributed by atoms with van der Waals surface area (Å²) in [4.78, 5) is 3.39. The Hall–Kier alpha value is -3.90. The van der Waals surface area contributed by atoms with E-state index in [1.54, 1.807) is 14.2 Å². The number of nitrogens with zero attached hydrogens (tertiary/aromatic N) is 1. The first-order valence-electron chi connectivity index (χ1n) is 12.9. The van der Waals surface area contributed by atoms with Gasteiger partial charge in [0.25, 0.3) is 0 Å². The smallest absolute Gasteiger partial charge is 0.231 e. The highest BCUT2D eigenvalue weighted by atomic mass is 35.5. The van der Waals surface area contributed by atoms with Crippen LogP contribution < -0.4 is 23.5 Å². The Morgan fingerprint density at radius 3 is 2.66 bits per heavy atom. The minimum absolute atomic E-state index is 0.272. The van der Waals surface area contributed by atoms with E-state index in [2.05, 4.69) is 40.1 Å². The van der Waals surface area contributed by atoms with E-state index in [0.717, 1.165) is 71.2 Å². The van der Waals surface area contributed by atoms with Gasteiger partial charge in [0.05, 0.1) is 25.2 Å². The fourth-order valence-electron chi connectivity index (χ4n) is 6.08. The molecule has 192 valence electrons. The molecule has 6 nitrogen and oxygen atoms in total. The van der Waals surface area contributed by atoms with E-state index in [4.69, 9.17) is 30.5 Å². The molecule has 2 aromatic heterocycles. The molecule has 0 atom stereocenters. The lowest BCUT2D eigenvalue weighted by molar-refractivity contribution is -0.686. The van der Waals surface area contributed by atoms with Gasteiger partial charge < -0.3 is 23.9 Å². The normalized spacial score (nSPS) is 13.6. The van der Waals surface area contributed by atoms with Crippen LogP contribution in [0.3, 0.4) is 0 Å². The molecule has 2 aliphatic heterocycles. The van der Waals surface area contributed by atoms with Crippen LogP contribution >= 0.6 is 11.6 Å². The fraction of sp³-hybridized carbons (Fsp3) is 0.258. The van der Waals surface area contributed by atoms with Gasteiger partial charge in [-0.15, -0.1) is 0 Å². The number of ether oxygens (including phenoxy) is 4. The fourth-order valence-corrected chi connectivity index (χ4v) is 6.25. The number of methoxy groups -OCH3 is 2. The van der Waals surface area contributed by atoms with Crippen molar-refractivity contribution >= 4 is 33.3 Å². The zero-order chi connectivity index (χ0) is 25.8. The molecule has 7 heteroatoms. The summed E-state index contributed by atoms with van der Waals surface area (Å²) in [7, 11) is 3.39. The second-order valence-electron chi connectivity index (χ2n) is 9.88. The number of aromatic amines is 1. The Kier molecular flexibility index (Phi) is 5.59. The molecule has 0 spiro atoms. The van der Waals surface area contributed by atoms with Gasteiger partial charge in [-0.2, -0.15) is 4.57 Å². The summed E-state index contributed by atoms with van der Waals surface area (Å²) in [6, 6.07) is 14.5. The first-order valence-corrected chi connectivity index (χ1v) is 13.3. The van der Waals surface area contributed by atoms with Crippen molar-refractivity contribution in [2.75, 3.05) is 21.0 Å². The van der Waals surface area contributed by atoms with Crippen LogP contribution in [0.2, 0.25) is 5.02 Å². The van der Waals surface area contributed by atoms with Crippen molar-refractivity contribution < 1.29 is 23.5 Å². The van der Waals surface area contributed by atoms with E-state index in [9.17, 15) is 0 Å². The molecule has 2 aliphatic rings. The Morgan fingerprint density at radius 1 is 0.947 bits per heavy atom. The highest BCUT2D eigenvalue weighted by Crippen LogP contribution is 2.44.